The lowest BCUT2D eigenvalue weighted by Gasteiger charge is -2.09. The van der Waals surface area contributed by atoms with E-state index < -0.39 is 0 Å². The first-order valence-electron chi connectivity index (χ1n) is 8.24. The monoisotopic (exact) mass is 345 g/mol. The summed E-state index contributed by atoms with van der Waals surface area (Å²) in [7, 11) is 1.66. The quantitative estimate of drug-likeness (QED) is 0.678. The highest BCUT2D eigenvalue weighted by atomic mass is 16.5. The first-order valence-corrected chi connectivity index (χ1v) is 8.24. The highest BCUT2D eigenvalue weighted by Gasteiger charge is 2.04. The van der Waals surface area contributed by atoms with Gasteiger partial charge in [0.15, 0.2) is 0 Å². The van der Waals surface area contributed by atoms with E-state index in [1.807, 2.05) is 42.5 Å². The van der Waals surface area contributed by atoms with Crippen LogP contribution in [0.2, 0.25) is 0 Å². The van der Waals surface area contributed by atoms with Crippen LogP contribution in [0, 0.1) is 11.3 Å². The van der Waals surface area contributed by atoms with Crippen LogP contribution in [-0.4, -0.2) is 23.6 Å². The third kappa shape index (κ3) is 4.48. The van der Waals surface area contributed by atoms with Gasteiger partial charge in [-0.25, -0.2) is 4.98 Å². The van der Waals surface area contributed by atoms with E-state index in [0.29, 0.717) is 17.2 Å². The number of aromatic nitrogens is 2. The second kappa shape index (κ2) is 8.49. The van der Waals surface area contributed by atoms with Crippen LogP contribution in [-0.2, 0) is 6.42 Å². The molecule has 0 aliphatic rings. The van der Waals surface area contributed by atoms with Gasteiger partial charge >= 0.3 is 0 Å². The Morgan fingerprint density at radius 3 is 2.85 bits per heavy atom. The number of anilines is 3. The zero-order chi connectivity index (χ0) is 18.2. The van der Waals surface area contributed by atoms with Crippen molar-refractivity contribution in [2.24, 2.45) is 0 Å². The van der Waals surface area contributed by atoms with E-state index in [1.54, 1.807) is 19.4 Å². The summed E-state index contributed by atoms with van der Waals surface area (Å²) < 4.78 is 5.24. The SMILES string of the molecule is COc1cccc(CCNc2ccnc(Nc3ccccc3C#N)n2)c1. The lowest BCUT2D eigenvalue weighted by atomic mass is 10.1. The highest BCUT2D eigenvalue weighted by Crippen LogP contribution is 2.18. The van der Waals surface area contributed by atoms with Crippen LogP contribution in [0.5, 0.6) is 5.75 Å². The smallest absolute Gasteiger partial charge is 0.229 e. The number of ether oxygens (including phenoxy) is 1. The molecule has 6 nitrogen and oxygen atoms in total. The molecule has 6 heteroatoms. The zero-order valence-electron chi connectivity index (χ0n) is 14.4. The van der Waals surface area contributed by atoms with E-state index in [0.717, 1.165) is 24.5 Å². The molecule has 0 spiro atoms. The van der Waals surface area contributed by atoms with Gasteiger partial charge in [0.1, 0.15) is 17.6 Å². The topological polar surface area (TPSA) is 82.9 Å². The van der Waals surface area contributed by atoms with Gasteiger partial charge in [0, 0.05) is 12.7 Å². The molecule has 0 saturated carbocycles. The predicted molar refractivity (Wildman–Crippen MR) is 102 cm³/mol. The lowest BCUT2D eigenvalue weighted by Crippen LogP contribution is -2.08. The summed E-state index contributed by atoms with van der Waals surface area (Å²) in [5, 5.41) is 15.5. The van der Waals surface area contributed by atoms with E-state index in [9.17, 15) is 0 Å². The average Bonchev–Trinajstić information content (AvgIpc) is 2.69. The second-order valence-corrected chi connectivity index (χ2v) is 5.58. The van der Waals surface area contributed by atoms with Gasteiger partial charge in [-0.3, -0.25) is 0 Å². The maximum absolute atomic E-state index is 9.16. The molecule has 2 aromatic carbocycles. The first-order chi connectivity index (χ1) is 12.8. The van der Waals surface area contributed by atoms with Crippen LogP contribution in [0.25, 0.3) is 0 Å². The molecule has 0 aliphatic carbocycles. The number of nitrogens with one attached hydrogen (secondary N) is 2. The molecule has 0 unspecified atom stereocenters. The van der Waals surface area contributed by atoms with Crippen molar-refractivity contribution in [3.8, 4) is 11.8 Å². The Hall–Kier alpha value is -3.59. The number of methoxy groups -OCH3 is 1. The molecule has 0 bridgehead atoms. The van der Waals surface area contributed by atoms with Gasteiger partial charge < -0.3 is 15.4 Å². The fraction of sp³-hybridized carbons (Fsp3) is 0.150. The minimum Gasteiger partial charge on any atom is -0.497 e. The summed E-state index contributed by atoms with van der Waals surface area (Å²) in [5.74, 6) is 2.02. The van der Waals surface area contributed by atoms with Gasteiger partial charge in [0.05, 0.1) is 18.4 Å². The van der Waals surface area contributed by atoms with Crippen molar-refractivity contribution in [2.75, 3.05) is 24.3 Å². The standard InChI is InChI=1S/C20H19N5O/c1-26-17-7-4-5-15(13-17)9-11-22-19-10-12-23-20(25-19)24-18-8-3-2-6-16(18)14-21/h2-8,10,12-13H,9,11H2,1H3,(H2,22,23,24,25). The number of nitrogens with zero attached hydrogens (tertiary/aromatic N) is 3. The van der Waals surface area contributed by atoms with Gasteiger partial charge in [-0.15, -0.1) is 0 Å². The summed E-state index contributed by atoms with van der Waals surface area (Å²) in [6, 6.07) is 19.2. The molecule has 0 aliphatic heterocycles. The van der Waals surface area contributed by atoms with E-state index in [4.69, 9.17) is 10.00 Å². The van der Waals surface area contributed by atoms with Crippen molar-refractivity contribution in [2.45, 2.75) is 6.42 Å². The molecule has 0 radical (unpaired) electrons. The molecule has 0 amide bonds. The largest absolute Gasteiger partial charge is 0.497 e. The number of nitriles is 1. The van der Waals surface area contributed by atoms with Gasteiger partial charge in [-0.05, 0) is 42.3 Å². The number of hydrogen-bond acceptors (Lipinski definition) is 6. The summed E-state index contributed by atoms with van der Waals surface area (Å²) in [5.41, 5.74) is 2.42. The minimum atomic E-state index is 0.444. The Bertz CT molecular complexity index is 920. The Balaban J connectivity index is 1.61. The van der Waals surface area contributed by atoms with Crippen molar-refractivity contribution < 1.29 is 4.74 Å². The van der Waals surface area contributed by atoms with Crippen LogP contribution in [0.15, 0.2) is 60.8 Å². The minimum absolute atomic E-state index is 0.444. The zero-order valence-corrected chi connectivity index (χ0v) is 14.4. The lowest BCUT2D eigenvalue weighted by molar-refractivity contribution is 0.414. The highest BCUT2D eigenvalue weighted by molar-refractivity contribution is 5.63. The molecular weight excluding hydrogens is 326 g/mol. The summed E-state index contributed by atoms with van der Waals surface area (Å²) in [6.45, 7) is 0.735. The summed E-state index contributed by atoms with van der Waals surface area (Å²) in [6.07, 6.45) is 2.53. The Morgan fingerprint density at radius 2 is 2.00 bits per heavy atom. The molecule has 3 rings (SSSR count). The Kier molecular flexibility index (Phi) is 5.63. The normalized spacial score (nSPS) is 10.0. The molecule has 0 fully saturated rings. The molecule has 0 saturated heterocycles. The van der Waals surface area contributed by atoms with Crippen molar-refractivity contribution in [3.05, 3.63) is 71.9 Å². The van der Waals surface area contributed by atoms with E-state index in [-0.39, 0.29) is 0 Å². The number of hydrogen-bond donors (Lipinski definition) is 2. The van der Waals surface area contributed by atoms with E-state index in [1.165, 1.54) is 5.56 Å². The Morgan fingerprint density at radius 1 is 1.12 bits per heavy atom. The molecule has 1 aromatic heterocycles. The first kappa shape index (κ1) is 17.2. The summed E-state index contributed by atoms with van der Waals surface area (Å²) >= 11 is 0. The Labute approximate surface area is 152 Å². The van der Waals surface area contributed by atoms with Crippen molar-refractivity contribution in [1.29, 1.82) is 5.26 Å². The molecule has 1 heterocycles. The maximum Gasteiger partial charge on any atom is 0.229 e. The maximum atomic E-state index is 9.16. The molecule has 2 N–H and O–H groups in total. The third-order valence-corrected chi connectivity index (χ3v) is 3.80. The average molecular weight is 345 g/mol. The van der Waals surface area contributed by atoms with Gasteiger partial charge in [-0.1, -0.05) is 24.3 Å². The third-order valence-electron chi connectivity index (χ3n) is 3.80. The van der Waals surface area contributed by atoms with Crippen molar-refractivity contribution >= 4 is 17.5 Å². The molecule has 3 aromatic rings. The molecular formula is C20H19N5O. The van der Waals surface area contributed by atoms with Crippen LogP contribution in [0.3, 0.4) is 0 Å². The fourth-order valence-electron chi connectivity index (χ4n) is 2.49. The molecule has 0 atom stereocenters. The van der Waals surface area contributed by atoms with E-state index >= 15 is 0 Å². The van der Waals surface area contributed by atoms with Gasteiger partial charge in [-0.2, -0.15) is 10.2 Å². The van der Waals surface area contributed by atoms with Crippen molar-refractivity contribution in [1.82, 2.24) is 9.97 Å². The summed E-state index contributed by atoms with van der Waals surface area (Å²) in [4.78, 5) is 8.65. The number of para-hydroxylation sites is 1. The van der Waals surface area contributed by atoms with Crippen LogP contribution < -0.4 is 15.4 Å². The molecule has 26 heavy (non-hydrogen) atoms. The predicted octanol–water partition coefficient (Wildman–Crippen LogP) is 3.76. The van der Waals surface area contributed by atoms with Gasteiger partial charge in [0.2, 0.25) is 5.95 Å². The number of rotatable bonds is 7. The van der Waals surface area contributed by atoms with Crippen LogP contribution in [0.1, 0.15) is 11.1 Å². The molecule has 130 valence electrons. The van der Waals surface area contributed by atoms with Gasteiger partial charge in [0.25, 0.3) is 0 Å². The second-order valence-electron chi connectivity index (χ2n) is 5.58. The van der Waals surface area contributed by atoms with Crippen LogP contribution in [0.4, 0.5) is 17.5 Å². The van der Waals surface area contributed by atoms with Crippen molar-refractivity contribution in [3.63, 3.8) is 0 Å². The fourth-order valence-corrected chi connectivity index (χ4v) is 2.49. The number of benzene rings is 2. The van der Waals surface area contributed by atoms with Crippen LogP contribution >= 0.6 is 0 Å². The van der Waals surface area contributed by atoms with E-state index in [2.05, 4.69) is 32.7 Å².